The molecule has 2 unspecified atom stereocenters. The first-order valence-electron chi connectivity index (χ1n) is 6.23. The van der Waals surface area contributed by atoms with Gasteiger partial charge in [0.05, 0.1) is 0 Å². The van der Waals surface area contributed by atoms with E-state index in [4.69, 9.17) is 5.73 Å². The zero-order chi connectivity index (χ0) is 12.2. The summed E-state index contributed by atoms with van der Waals surface area (Å²) in [7, 11) is 0. The Morgan fingerprint density at radius 1 is 1.35 bits per heavy atom. The Morgan fingerprint density at radius 2 is 2.00 bits per heavy atom. The Hall–Kier alpha value is -1.51. The number of amides is 1. The van der Waals surface area contributed by atoms with Crippen LogP contribution >= 0.6 is 0 Å². The number of hydrogen-bond donors (Lipinski definition) is 1. The van der Waals surface area contributed by atoms with Crippen LogP contribution in [0.2, 0.25) is 0 Å². The van der Waals surface area contributed by atoms with Gasteiger partial charge in [-0.2, -0.15) is 0 Å². The van der Waals surface area contributed by atoms with Crippen LogP contribution in [0.25, 0.3) is 0 Å². The zero-order valence-corrected chi connectivity index (χ0v) is 10.3. The van der Waals surface area contributed by atoms with Crippen LogP contribution in [0.15, 0.2) is 18.2 Å². The van der Waals surface area contributed by atoms with Gasteiger partial charge in [0.1, 0.15) is 0 Å². The van der Waals surface area contributed by atoms with E-state index in [1.165, 1.54) is 0 Å². The van der Waals surface area contributed by atoms with Crippen molar-refractivity contribution in [3.63, 3.8) is 0 Å². The first-order chi connectivity index (χ1) is 8.08. The maximum absolute atomic E-state index is 12.3. The smallest absolute Gasteiger partial charge is 0.253 e. The van der Waals surface area contributed by atoms with Crippen molar-refractivity contribution in [1.82, 2.24) is 4.90 Å². The number of carbonyl (C=O) groups excluding carboxylic acids is 1. The molecule has 1 saturated heterocycles. The lowest BCUT2D eigenvalue weighted by atomic mass is 10.1. The van der Waals surface area contributed by atoms with Crippen molar-refractivity contribution in [3.05, 3.63) is 29.3 Å². The Kier molecular flexibility index (Phi) is 2.18. The van der Waals surface area contributed by atoms with Gasteiger partial charge in [0, 0.05) is 24.3 Å². The first-order valence-corrected chi connectivity index (χ1v) is 6.23. The molecule has 1 amide bonds. The number of piperidine rings is 1. The van der Waals surface area contributed by atoms with Gasteiger partial charge in [-0.25, -0.2) is 0 Å². The monoisotopic (exact) mass is 230 g/mol. The van der Waals surface area contributed by atoms with Crippen molar-refractivity contribution in [3.8, 4) is 0 Å². The highest BCUT2D eigenvalue weighted by Crippen LogP contribution is 2.51. The quantitative estimate of drug-likeness (QED) is 0.749. The lowest BCUT2D eigenvalue weighted by Gasteiger charge is -2.19. The molecular weight excluding hydrogens is 212 g/mol. The third kappa shape index (κ3) is 1.61. The van der Waals surface area contributed by atoms with Crippen LogP contribution in [-0.4, -0.2) is 23.9 Å². The Morgan fingerprint density at radius 3 is 2.59 bits per heavy atom. The molecule has 2 atom stereocenters. The topological polar surface area (TPSA) is 46.3 Å². The minimum atomic E-state index is 0.135. The van der Waals surface area contributed by atoms with E-state index in [-0.39, 0.29) is 5.91 Å². The van der Waals surface area contributed by atoms with Crippen molar-refractivity contribution in [2.24, 2.45) is 17.8 Å². The SMILES string of the molecule is Cc1ccc(C(=O)N2CC3C(C)C3C2)cc1N. The molecule has 1 aromatic rings. The molecule has 1 aliphatic heterocycles. The van der Waals surface area contributed by atoms with Crippen LogP contribution < -0.4 is 5.73 Å². The Labute approximate surface area is 102 Å². The van der Waals surface area contributed by atoms with E-state index >= 15 is 0 Å². The molecular formula is C14H18N2O. The van der Waals surface area contributed by atoms with Crippen molar-refractivity contribution < 1.29 is 4.79 Å². The second kappa shape index (κ2) is 3.49. The average molecular weight is 230 g/mol. The van der Waals surface area contributed by atoms with E-state index in [9.17, 15) is 4.79 Å². The van der Waals surface area contributed by atoms with Gasteiger partial charge < -0.3 is 10.6 Å². The largest absolute Gasteiger partial charge is 0.398 e. The number of aryl methyl sites for hydroxylation is 1. The summed E-state index contributed by atoms with van der Waals surface area (Å²) >= 11 is 0. The maximum atomic E-state index is 12.3. The number of fused-ring (bicyclic) bond motifs is 1. The number of nitrogen functional groups attached to an aromatic ring is 1. The van der Waals surface area contributed by atoms with Gasteiger partial charge in [0.2, 0.25) is 0 Å². The second-order valence-electron chi connectivity index (χ2n) is 5.47. The molecule has 90 valence electrons. The molecule has 2 N–H and O–H groups in total. The summed E-state index contributed by atoms with van der Waals surface area (Å²) in [5.41, 5.74) is 8.30. The van der Waals surface area contributed by atoms with Crippen LogP contribution in [0.4, 0.5) is 5.69 Å². The summed E-state index contributed by atoms with van der Waals surface area (Å²) in [5, 5.41) is 0. The van der Waals surface area contributed by atoms with Gasteiger partial charge in [-0.1, -0.05) is 13.0 Å². The third-order valence-corrected chi connectivity index (χ3v) is 4.44. The van der Waals surface area contributed by atoms with E-state index in [2.05, 4.69) is 6.92 Å². The molecule has 2 aliphatic rings. The van der Waals surface area contributed by atoms with Crippen molar-refractivity contribution >= 4 is 11.6 Å². The first kappa shape index (κ1) is 10.6. The molecule has 17 heavy (non-hydrogen) atoms. The molecule has 2 fully saturated rings. The molecule has 1 heterocycles. The van der Waals surface area contributed by atoms with Crippen molar-refractivity contribution in [2.75, 3.05) is 18.8 Å². The van der Waals surface area contributed by atoms with Gasteiger partial charge in [-0.05, 0) is 42.4 Å². The lowest BCUT2D eigenvalue weighted by molar-refractivity contribution is 0.0769. The highest BCUT2D eigenvalue weighted by atomic mass is 16.2. The van der Waals surface area contributed by atoms with Gasteiger partial charge >= 0.3 is 0 Å². The fourth-order valence-electron chi connectivity index (χ4n) is 2.95. The highest BCUT2D eigenvalue weighted by molar-refractivity contribution is 5.95. The molecule has 0 radical (unpaired) electrons. The van der Waals surface area contributed by atoms with E-state index in [0.29, 0.717) is 5.69 Å². The fourth-order valence-corrected chi connectivity index (χ4v) is 2.95. The number of likely N-dealkylation sites (tertiary alicyclic amines) is 1. The van der Waals surface area contributed by atoms with E-state index < -0.39 is 0 Å². The van der Waals surface area contributed by atoms with Crippen LogP contribution in [0.1, 0.15) is 22.8 Å². The summed E-state index contributed by atoms with van der Waals surface area (Å²) in [6, 6.07) is 5.59. The van der Waals surface area contributed by atoms with Crippen LogP contribution in [0.3, 0.4) is 0 Å². The van der Waals surface area contributed by atoms with E-state index in [0.717, 1.165) is 42.0 Å². The molecule has 0 aromatic heterocycles. The van der Waals surface area contributed by atoms with Gasteiger partial charge in [-0.3, -0.25) is 4.79 Å². The average Bonchev–Trinajstić information content (AvgIpc) is 2.78. The number of hydrogen-bond acceptors (Lipinski definition) is 2. The van der Waals surface area contributed by atoms with Crippen LogP contribution in [-0.2, 0) is 0 Å². The highest BCUT2D eigenvalue weighted by Gasteiger charge is 2.53. The molecule has 0 bridgehead atoms. The minimum absolute atomic E-state index is 0.135. The van der Waals surface area contributed by atoms with Crippen molar-refractivity contribution in [2.45, 2.75) is 13.8 Å². The lowest BCUT2D eigenvalue weighted by Crippen LogP contribution is -2.31. The number of nitrogens with two attached hydrogens (primary N) is 1. The number of benzene rings is 1. The molecule has 3 rings (SSSR count). The fraction of sp³-hybridized carbons (Fsp3) is 0.500. The third-order valence-electron chi connectivity index (χ3n) is 4.44. The second-order valence-corrected chi connectivity index (χ2v) is 5.47. The molecule has 1 saturated carbocycles. The van der Waals surface area contributed by atoms with E-state index in [1.807, 2.05) is 24.0 Å². The number of nitrogens with zero attached hydrogens (tertiary/aromatic N) is 1. The predicted molar refractivity (Wildman–Crippen MR) is 67.6 cm³/mol. The van der Waals surface area contributed by atoms with Crippen LogP contribution in [0.5, 0.6) is 0 Å². The van der Waals surface area contributed by atoms with Gasteiger partial charge in [-0.15, -0.1) is 0 Å². The summed E-state index contributed by atoms with van der Waals surface area (Å²) in [4.78, 5) is 14.2. The molecule has 3 nitrogen and oxygen atoms in total. The number of carbonyl (C=O) groups is 1. The molecule has 0 spiro atoms. The minimum Gasteiger partial charge on any atom is -0.398 e. The van der Waals surface area contributed by atoms with Crippen LogP contribution in [0, 0.1) is 24.7 Å². The summed E-state index contributed by atoms with van der Waals surface area (Å²) in [6.07, 6.45) is 0. The number of rotatable bonds is 1. The molecule has 1 aliphatic carbocycles. The molecule has 1 aromatic carbocycles. The number of anilines is 1. The zero-order valence-electron chi connectivity index (χ0n) is 10.3. The molecule has 3 heteroatoms. The summed E-state index contributed by atoms with van der Waals surface area (Å²) in [6.45, 7) is 6.09. The standard InChI is InChI=1S/C14H18N2O/c1-8-3-4-10(5-13(8)15)14(17)16-6-11-9(2)12(11)7-16/h3-5,9,11-12H,6-7,15H2,1-2H3. The summed E-state index contributed by atoms with van der Waals surface area (Å²) < 4.78 is 0. The predicted octanol–water partition coefficient (Wildman–Crippen LogP) is 1.92. The maximum Gasteiger partial charge on any atom is 0.253 e. The normalized spacial score (nSPS) is 30.2. The summed E-state index contributed by atoms with van der Waals surface area (Å²) in [5.74, 6) is 2.46. The van der Waals surface area contributed by atoms with Crippen molar-refractivity contribution in [1.29, 1.82) is 0 Å². The Balaban J connectivity index is 1.76. The van der Waals surface area contributed by atoms with E-state index in [1.54, 1.807) is 6.07 Å². The Bertz CT molecular complexity index is 471. The van der Waals surface area contributed by atoms with Gasteiger partial charge in [0.25, 0.3) is 5.91 Å². The van der Waals surface area contributed by atoms with Gasteiger partial charge in [0.15, 0.2) is 0 Å².